The quantitative estimate of drug-likeness (QED) is 0.634. The first-order valence-electron chi connectivity index (χ1n) is 11.0. The van der Waals surface area contributed by atoms with E-state index in [0.29, 0.717) is 29.4 Å². The van der Waals surface area contributed by atoms with Crippen LogP contribution in [0.2, 0.25) is 0 Å². The first kappa shape index (κ1) is 19.9. The van der Waals surface area contributed by atoms with Crippen LogP contribution in [0, 0.1) is 29.5 Å². The van der Waals surface area contributed by atoms with E-state index in [1.165, 1.54) is 23.9 Å². The number of rotatable bonds is 4. The number of anilines is 1. The molecule has 2 N–H and O–H groups in total. The lowest BCUT2D eigenvalue weighted by atomic mass is 9.86. The number of halogens is 1. The summed E-state index contributed by atoms with van der Waals surface area (Å²) in [6, 6.07) is 9.91. The molecule has 31 heavy (non-hydrogen) atoms. The molecule has 160 valence electrons. The molecule has 4 unspecified atom stereocenters. The van der Waals surface area contributed by atoms with Crippen LogP contribution in [0.25, 0.3) is 10.9 Å². The number of aromatic nitrogens is 2. The Kier molecular flexibility index (Phi) is 5.08. The number of pyridine rings is 2. The van der Waals surface area contributed by atoms with Crippen LogP contribution in [0.1, 0.15) is 44.1 Å². The number of carbonyl (C=O) groups is 1. The van der Waals surface area contributed by atoms with Crippen molar-refractivity contribution in [2.45, 2.75) is 38.5 Å². The van der Waals surface area contributed by atoms with Gasteiger partial charge in [-0.15, -0.1) is 0 Å². The number of hydrogen-bond donors (Lipinski definition) is 2. The fourth-order valence-corrected chi connectivity index (χ4v) is 5.78. The van der Waals surface area contributed by atoms with E-state index in [4.69, 9.17) is 0 Å². The fourth-order valence-electron chi connectivity index (χ4n) is 5.78. The Bertz CT molecular complexity index is 1160. The van der Waals surface area contributed by atoms with Crippen LogP contribution < -0.4 is 10.9 Å². The summed E-state index contributed by atoms with van der Waals surface area (Å²) in [7, 11) is 0. The Hall–Kier alpha value is -3.02. The molecular formula is C25H26FN3O2. The number of H-pyrrole nitrogens is 1. The summed E-state index contributed by atoms with van der Waals surface area (Å²) in [6.45, 7) is 2.00. The largest absolute Gasteiger partial charge is 0.327 e. The number of nitrogens with zero attached hydrogens (tertiary/aromatic N) is 1. The number of amides is 1. The second-order valence-corrected chi connectivity index (χ2v) is 9.20. The minimum atomic E-state index is -0.220. The van der Waals surface area contributed by atoms with Crippen LogP contribution in [0.3, 0.4) is 0 Å². The number of carbonyl (C=O) groups excluding carboxylic acids is 1. The van der Waals surface area contributed by atoms with Crippen molar-refractivity contribution in [2.75, 3.05) is 5.32 Å². The summed E-state index contributed by atoms with van der Waals surface area (Å²) in [5, 5.41) is 3.85. The molecular weight excluding hydrogens is 393 g/mol. The highest BCUT2D eigenvalue weighted by atomic mass is 19.1. The minimum absolute atomic E-state index is 0.00387. The molecule has 2 fully saturated rings. The highest BCUT2D eigenvalue weighted by molar-refractivity contribution is 5.92. The van der Waals surface area contributed by atoms with Crippen molar-refractivity contribution >= 4 is 22.5 Å². The number of aromatic amines is 1. The molecule has 0 spiro atoms. The van der Waals surface area contributed by atoms with Crippen molar-refractivity contribution in [1.29, 1.82) is 0 Å². The first-order chi connectivity index (χ1) is 15.0. The van der Waals surface area contributed by atoms with Gasteiger partial charge in [-0.3, -0.25) is 14.6 Å². The number of hydrogen-bond acceptors (Lipinski definition) is 3. The van der Waals surface area contributed by atoms with Crippen LogP contribution in [0.5, 0.6) is 0 Å². The molecule has 2 aromatic heterocycles. The zero-order valence-electron chi connectivity index (χ0n) is 17.5. The second kappa shape index (κ2) is 7.91. The van der Waals surface area contributed by atoms with Gasteiger partial charge in [0.15, 0.2) is 0 Å². The molecule has 2 aliphatic rings. The van der Waals surface area contributed by atoms with E-state index in [-0.39, 0.29) is 23.2 Å². The maximum Gasteiger partial charge on any atom is 0.248 e. The molecule has 2 heterocycles. The molecule has 1 amide bonds. The normalized spacial score (nSPS) is 26.0. The van der Waals surface area contributed by atoms with Crippen molar-refractivity contribution in [2.24, 2.45) is 23.7 Å². The molecule has 0 aliphatic heterocycles. The standard InChI is InChI=1S/C25H26FN3O2/c1-14(25(31)29-20-3-5-24(30)28-13-20)15-8-16-10-18(11-17(16)9-15)21-6-7-27-23-4-2-19(26)12-22(21)23/h2-7,12-18H,8-11H2,1H3,(H,28,30)(H,29,31)/t14?,15?,16-,17?,18?/m1/s1. The molecule has 6 heteroatoms. The van der Waals surface area contributed by atoms with Gasteiger partial charge in [0.1, 0.15) is 5.82 Å². The van der Waals surface area contributed by atoms with Gasteiger partial charge in [-0.1, -0.05) is 6.92 Å². The van der Waals surface area contributed by atoms with Gasteiger partial charge in [-0.25, -0.2) is 4.39 Å². The molecule has 0 bridgehead atoms. The molecule has 5 rings (SSSR count). The highest BCUT2D eigenvalue weighted by Crippen LogP contribution is 2.54. The van der Waals surface area contributed by atoms with Gasteiger partial charge in [-0.2, -0.15) is 0 Å². The molecule has 0 radical (unpaired) electrons. The van der Waals surface area contributed by atoms with Crippen LogP contribution in [0.15, 0.2) is 53.6 Å². The van der Waals surface area contributed by atoms with Crippen molar-refractivity contribution < 1.29 is 9.18 Å². The van der Waals surface area contributed by atoms with Crippen molar-refractivity contribution in [1.82, 2.24) is 9.97 Å². The predicted octanol–water partition coefficient (Wildman–Crippen LogP) is 4.86. The SMILES string of the molecule is CC(C(=O)Nc1ccc(=O)[nH]c1)C1CC2CC(c3ccnc4ccc(F)cc34)C[C@H]2C1. The predicted molar refractivity (Wildman–Crippen MR) is 118 cm³/mol. The Labute approximate surface area is 180 Å². The van der Waals surface area contributed by atoms with E-state index in [9.17, 15) is 14.0 Å². The van der Waals surface area contributed by atoms with E-state index in [0.717, 1.165) is 36.6 Å². The van der Waals surface area contributed by atoms with Crippen LogP contribution in [0.4, 0.5) is 10.1 Å². The topological polar surface area (TPSA) is 74.8 Å². The third-order valence-electron chi connectivity index (χ3n) is 7.40. The molecule has 0 saturated heterocycles. The first-order valence-corrected chi connectivity index (χ1v) is 11.0. The smallest absolute Gasteiger partial charge is 0.248 e. The maximum absolute atomic E-state index is 13.8. The molecule has 2 saturated carbocycles. The average Bonchev–Trinajstić information content (AvgIpc) is 3.33. The Morgan fingerprint density at radius 1 is 1.13 bits per heavy atom. The third kappa shape index (κ3) is 3.87. The molecule has 5 atom stereocenters. The monoisotopic (exact) mass is 419 g/mol. The Balaban J connectivity index is 1.25. The summed E-state index contributed by atoms with van der Waals surface area (Å²) in [5.41, 5.74) is 2.49. The summed E-state index contributed by atoms with van der Waals surface area (Å²) in [5.74, 6) is 1.71. The van der Waals surface area contributed by atoms with Crippen molar-refractivity contribution in [3.05, 3.63) is 70.5 Å². The van der Waals surface area contributed by atoms with E-state index in [2.05, 4.69) is 15.3 Å². The van der Waals surface area contributed by atoms with Crippen LogP contribution >= 0.6 is 0 Å². The van der Waals surface area contributed by atoms with Crippen molar-refractivity contribution in [3.63, 3.8) is 0 Å². The van der Waals surface area contributed by atoms with Crippen molar-refractivity contribution in [3.8, 4) is 0 Å². The summed E-state index contributed by atoms with van der Waals surface area (Å²) in [4.78, 5) is 30.9. The lowest BCUT2D eigenvalue weighted by Crippen LogP contribution is -2.26. The van der Waals surface area contributed by atoms with Gasteiger partial charge in [-0.05, 0) is 85.3 Å². The molecule has 1 aromatic carbocycles. The highest BCUT2D eigenvalue weighted by Gasteiger charge is 2.44. The maximum atomic E-state index is 13.8. The van der Waals surface area contributed by atoms with Crippen LogP contribution in [-0.4, -0.2) is 15.9 Å². The van der Waals surface area contributed by atoms with E-state index < -0.39 is 0 Å². The number of benzene rings is 1. The average molecular weight is 420 g/mol. The lowest BCUT2D eigenvalue weighted by molar-refractivity contribution is -0.120. The minimum Gasteiger partial charge on any atom is -0.327 e. The van der Waals surface area contributed by atoms with Crippen LogP contribution in [-0.2, 0) is 4.79 Å². The number of fused-ring (bicyclic) bond motifs is 2. The molecule has 3 aromatic rings. The van der Waals surface area contributed by atoms with E-state index in [1.807, 2.05) is 19.2 Å². The molecule has 2 aliphatic carbocycles. The van der Waals surface area contributed by atoms with Gasteiger partial charge in [0.2, 0.25) is 11.5 Å². The summed E-state index contributed by atoms with van der Waals surface area (Å²) in [6.07, 6.45) is 7.64. The fraction of sp³-hybridized carbons (Fsp3) is 0.400. The van der Waals surface area contributed by atoms with Gasteiger partial charge < -0.3 is 10.3 Å². The number of nitrogens with one attached hydrogen (secondary N) is 2. The van der Waals surface area contributed by atoms with Gasteiger partial charge in [0.25, 0.3) is 0 Å². The lowest BCUT2D eigenvalue weighted by Gasteiger charge is -2.21. The Morgan fingerprint density at radius 3 is 2.61 bits per heavy atom. The zero-order chi connectivity index (χ0) is 21.5. The summed E-state index contributed by atoms with van der Waals surface area (Å²) >= 11 is 0. The van der Waals surface area contributed by atoms with E-state index in [1.54, 1.807) is 18.2 Å². The second-order valence-electron chi connectivity index (χ2n) is 9.20. The third-order valence-corrected chi connectivity index (χ3v) is 7.40. The van der Waals surface area contributed by atoms with Gasteiger partial charge >= 0.3 is 0 Å². The summed E-state index contributed by atoms with van der Waals surface area (Å²) < 4.78 is 13.8. The van der Waals surface area contributed by atoms with Gasteiger partial charge in [0, 0.05) is 29.8 Å². The molecule has 5 nitrogen and oxygen atoms in total. The Morgan fingerprint density at radius 2 is 1.90 bits per heavy atom. The van der Waals surface area contributed by atoms with Gasteiger partial charge in [0.05, 0.1) is 11.2 Å². The zero-order valence-corrected chi connectivity index (χ0v) is 17.5. The van der Waals surface area contributed by atoms with E-state index >= 15 is 0 Å².